The highest BCUT2D eigenvalue weighted by Crippen LogP contribution is 2.22. The molecule has 7 heteroatoms. The highest BCUT2D eigenvalue weighted by atomic mass is 16.6. The topological polar surface area (TPSA) is 78.6 Å². The van der Waals surface area contributed by atoms with Crippen molar-refractivity contribution in [3.63, 3.8) is 0 Å². The average molecular weight is 241 g/mol. The molecule has 2 aliphatic rings. The number of hydrogen-bond donors (Lipinski definition) is 1. The van der Waals surface area contributed by atoms with E-state index in [2.05, 4.69) is 15.5 Å². The van der Waals surface area contributed by atoms with Crippen molar-refractivity contribution in [1.29, 1.82) is 0 Å². The summed E-state index contributed by atoms with van der Waals surface area (Å²) in [7, 11) is 0. The number of nitrogens with one attached hydrogen (secondary N) is 1. The van der Waals surface area contributed by atoms with Crippen LogP contribution in [-0.4, -0.2) is 49.7 Å². The SMILES string of the molecule is C1COC(c2nc(C3COCCO3)no2)CN1. The zero-order chi connectivity index (χ0) is 11.5. The van der Waals surface area contributed by atoms with Gasteiger partial charge in [-0.2, -0.15) is 4.98 Å². The second kappa shape index (κ2) is 5.09. The van der Waals surface area contributed by atoms with Gasteiger partial charge < -0.3 is 24.1 Å². The smallest absolute Gasteiger partial charge is 0.257 e. The number of nitrogens with zero attached hydrogens (tertiary/aromatic N) is 2. The first-order valence-electron chi connectivity index (χ1n) is 5.78. The van der Waals surface area contributed by atoms with Gasteiger partial charge >= 0.3 is 0 Å². The maximum atomic E-state index is 5.53. The number of rotatable bonds is 2. The summed E-state index contributed by atoms with van der Waals surface area (Å²) in [5, 5.41) is 7.13. The molecule has 1 aromatic rings. The normalized spacial score (nSPS) is 30.4. The highest BCUT2D eigenvalue weighted by Gasteiger charge is 2.26. The summed E-state index contributed by atoms with van der Waals surface area (Å²) >= 11 is 0. The minimum absolute atomic E-state index is 0.158. The summed E-state index contributed by atoms with van der Waals surface area (Å²) in [5.41, 5.74) is 0. The molecule has 0 spiro atoms. The first kappa shape index (κ1) is 11.1. The van der Waals surface area contributed by atoms with Gasteiger partial charge in [0, 0.05) is 13.1 Å². The molecular formula is C10H15N3O4. The highest BCUT2D eigenvalue weighted by molar-refractivity contribution is 4.96. The van der Waals surface area contributed by atoms with Crippen molar-refractivity contribution >= 4 is 0 Å². The Morgan fingerprint density at radius 2 is 2.06 bits per heavy atom. The Labute approximate surface area is 98.4 Å². The van der Waals surface area contributed by atoms with Gasteiger partial charge in [0.2, 0.25) is 5.82 Å². The van der Waals surface area contributed by atoms with Crippen molar-refractivity contribution in [2.24, 2.45) is 0 Å². The van der Waals surface area contributed by atoms with Crippen molar-refractivity contribution in [3.05, 3.63) is 11.7 Å². The van der Waals surface area contributed by atoms with E-state index in [0.29, 0.717) is 44.7 Å². The van der Waals surface area contributed by atoms with Gasteiger partial charge in [0.25, 0.3) is 5.89 Å². The molecule has 0 aromatic carbocycles. The van der Waals surface area contributed by atoms with E-state index in [9.17, 15) is 0 Å². The van der Waals surface area contributed by atoms with E-state index in [1.54, 1.807) is 0 Å². The lowest BCUT2D eigenvalue weighted by atomic mass is 10.3. The van der Waals surface area contributed by atoms with Crippen LogP contribution in [0, 0.1) is 0 Å². The molecule has 17 heavy (non-hydrogen) atoms. The van der Waals surface area contributed by atoms with Crippen LogP contribution in [0.3, 0.4) is 0 Å². The first-order valence-corrected chi connectivity index (χ1v) is 5.78. The summed E-state index contributed by atoms with van der Waals surface area (Å²) in [5.74, 6) is 1.04. The van der Waals surface area contributed by atoms with Crippen molar-refractivity contribution < 1.29 is 18.7 Å². The van der Waals surface area contributed by atoms with Crippen LogP contribution in [0.2, 0.25) is 0 Å². The second-order valence-corrected chi connectivity index (χ2v) is 3.99. The molecule has 7 nitrogen and oxygen atoms in total. The third-order valence-electron chi connectivity index (χ3n) is 2.76. The Morgan fingerprint density at radius 3 is 2.82 bits per heavy atom. The Kier molecular flexibility index (Phi) is 3.32. The molecule has 0 bridgehead atoms. The largest absolute Gasteiger partial charge is 0.376 e. The lowest BCUT2D eigenvalue weighted by molar-refractivity contribution is -0.0941. The van der Waals surface area contributed by atoms with Crippen LogP contribution in [-0.2, 0) is 14.2 Å². The van der Waals surface area contributed by atoms with Gasteiger partial charge in [0.15, 0.2) is 0 Å². The van der Waals surface area contributed by atoms with Crippen molar-refractivity contribution in [3.8, 4) is 0 Å². The fourth-order valence-corrected chi connectivity index (χ4v) is 1.87. The van der Waals surface area contributed by atoms with Gasteiger partial charge in [0.1, 0.15) is 12.2 Å². The van der Waals surface area contributed by atoms with Crippen LogP contribution in [0.1, 0.15) is 23.9 Å². The second-order valence-electron chi connectivity index (χ2n) is 3.99. The summed E-state index contributed by atoms with van der Waals surface area (Å²) in [6, 6.07) is 0. The minimum Gasteiger partial charge on any atom is -0.376 e. The van der Waals surface area contributed by atoms with Gasteiger partial charge in [-0.15, -0.1) is 0 Å². The Hall–Kier alpha value is -1.02. The molecule has 0 amide bonds. The maximum absolute atomic E-state index is 5.53. The molecule has 0 saturated carbocycles. The quantitative estimate of drug-likeness (QED) is 0.769. The van der Waals surface area contributed by atoms with Crippen molar-refractivity contribution in [1.82, 2.24) is 15.5 Å². The zero-order valence-corrected chi connectivity index (χ0v) is 9.42. The summed E-state index contributed by atoms with van der Waals surface area (Å²) in [6.07, 6.45) is -0.382. The molecule has 3 rings (SSSR count). The monoisotopic (exact) mass is 241 g/mol. The van der Waals surface area contributed by atoms with Crippen molar-refractivity contribution in [2.45, 2.75) is 12.2 Å². The van der Waals surface area contributed by atoms with Crippen LogP contribution in [0.25, 0.3) is 0 Å². The molecule has 2 saturated heterocycles. The summed E-state index contributed by atoms with van der Waals surface area (Å²) in [6.45, 7) is 3.88. The predicted octanol–water partition coefficient (Wildman–Crippen LogP) is -0.182. The maximum Gasteiger partial charge on any atom is 0.257 e. The van der Waals surface area contributed by atoms with E-state index in [1.165, 1.54) is 0 Å². The lowest BCUT2D eigenvalue weighted by Gasteiger charge is -2.20. The molecule has 2 unspecified atom stereocenters. The Bertz CT molecular complexity index is 326. The van der Waals surface area contributed by atoms with Gasteiger partial charge in [0.05, 0.1) is 26.4 Å². The third kappa shape index (κ3) is 2.47. The zero-order valence-electron chi connectivity index (χ0n) is 9.42. The van der Waals surface area contributed by atoms with Crippen LogP contribution >= 0.6 is 0 Å². The molecule has 0 radical (unpaired) electrons. The Balaban J connectivity index is 1.68. The van der Waals surface area contributed by atoms with Crippen LogP contribution < -0.4 is 5.32 Å². The Morgan fingerprint density at radius 1 is 1.12 bits per heavy atom. The summed E-state index contributed by atoms with van der Waals surface area (Å²) in [4.78, 5) is 4.31. The molecule has 1 N–H and O–H groups in total. The molecule has 0 aliphatic carbocycles. The van der Waals surface area contributed by atoms with Crippen LogP contribution in [0.4, 0.5) is 0 Å². The van der Waals surface area contributed by atoms with E-state index >= 15 is 0 Å². The molecule has 2 fully saturated rings. The number of ether oxygens (including phenoxy) is 3. The first-order chi connectivity index (χ1) is 8.43. The molecule has 3 heterocycles. The molecule has 2 atom stereocenters. The van der Waals surface area contributed by atoms with E-state index in [0.717, 1.165) is 6.54 Å². The number of morpholine rings is 1. The van der Waals surface area contributed by atoms with Gasteiger partial charge in [-0.25, -0.2) is 0 Å². The van der Waals surface area contributed by atoms with E-state index in [4.69, 9.17) is 18.7 Å². The van der Waals surface area contributed by atoms with Crippen LogP contribution in [0.15, 0.2) is 4.52 Å². The van der Waals surface area contributed by atoms with Gasteiger partial charge in [-0.05, 0) is 0 Å². The summed E-state index contributed by atoms with van der Waals surface area (Å²) < 4.78 is 21.5. The molecule has 94 valence electrons. The number of hydrogen-bond acceptors (Lipinski definition) is 7. The lowest BCUT2D eigenvalue weighted by Crippen LogP contribution is -2.33. The molecule has 2 aliphatic heterocycles. The van der Waals surface area contributed by atoms with E-state index in [-0.39, 0.29) is 12.2 Å². The minimum atomic E-state index is -0.224. The van der Waals surface area contributed by atoms with E-state index in [1.807, 2.05) is 0 Å². The van der Waals surface area contributed by atoms with Gasteiger partial charge in [-0.1, -0.05) is 5.16 Å². The fourth-order valence-electron chi connectivity index (χ4n) is 1.87. The average Bonchev–Trinajstić information content (AvgIpc) is 2.90. The molecule has 1 aromatic heterocycles. The number of aromatic nitrogens is 2. The molecular weight excluding hydrogens is 226 g/mol. The third-order valence-corrected chi connectivity index (χ3v) is 2.76. The standard InChI is InChI=1S/C10H15N3O4/c1-2-15-7(5-11-1)10-12-9(13-17-10)8-6-14-3-4-16-8/h7-8,11H,1-6H2. The van der Waals surface area contributed by atoms with E-state index < -0.39 is 0 Å². The predicted molar refractivity (Wildman–Crippen MR) is 55.4 cm³/mol. The van der Waals surface area contributed by atoms with Crippen molar-refractivity contribution in [2.75, 3.05) is 39.5 Å². The fraction of sp³-hybridized carbons (Fsp3) is 0.800. The van der Waals surface area contributed by atoms with Gasteiger partial charge in [-0.3, -0.25) is 0 Å². The van der Waals surface area contributed by atoms with Crippen LogP contribution in [0.5, 0.6) is 0 Å².